The van der Waals surface area contributed by atoms with Crippen LogP contribution in [0.2, 0.25) is 0 Å². The molecular formula is C11H16O3. The Balaban J connectivity index is 1.91. The Kier molecular flexibility index (Phi) is 2.89. The first-order chi connectivity index (χ1) is 6.75. The lowest BCUT2D eigenvalue weighted by atomic mass is 10.1. The molecule has 0 N–H and O–H groups in total. The fourth-order valence-corrected chi connectivity index (χ4v) is 1.67. The molecule has 14 heavy (non-hydrogen) atoms. The van der Waals surface area contributed by atoms with Crippen LogP contribution < -0.4 is 0 Å². The van der Waals surface area contributed by atoms with Gasteiger partial charge in [0.05, 0.1) is 13.2 Å². The first-order valence-corrected chi connectivity index (χ1v) is 5.05. The molecule has 3 nitrogen and oxygen atoms in total. The molecule has 1 aliphatic rings. The summed E-state index contributed by atoms with van der Waals surface area (Å²) in [6.45, 7) is 5.52. The molecule has 1 fully saturated rings. The lowest BCUT2D eigenvalue weighted by molar-refractivity contribution is -0.0511. The van der Waals surface area contributed by atoms with Gasteiger partial charge in [-0.25, -0.2) is 0 Å². The first kappa shape index (κ1) is 9.74. The standard InChI is InChI=1S/C11H16O3/c1-8(7-11-12-5-6-13-11)10-4-3-9(2)14-10/h3-4,8,11H,5-7H2,1-2H3. The van der Waals surface area contributed by atoms with Crippen molar-refractivity contribution in [2.75, 3.05) is 13.2 Å². The lowest BCUT2D eigenvalue weighted by Crippen LogP contribution is -2.11. The van der Waals surface area contributed by atoms with Gasteiger partial charge < -0.3 is 13.9 Å². The van der Waals surface area contributed by atoms with Crippen LogP contribution in [0.3, 0.4) is 0 Å². The minimum absolute atomic E-state index is 0.0459. The highest BCUT2D eigenvalue weighted by Crippen LogP contribution is 2.25. The molecule has 1 aromatic rings. The van der Waals surface area contributed by atoms with Crippen LogP contribution in [0, 0.1) is 6.92 Å². The first-order valence-electron chi connectivity index (χ1n) is 5.05. The predicted octanol–water partition coefficient (Wildman–Crippen LogP) is 2.45. The van der Waals surface area contributed by atoms with Gasteiger partial charge in [-0.1, -0.05) is 6.92 Å². The summed E-state index contributed by atoms with van der Waals surface area (Å²) in [6.07, 6.45) is 0.822. The summed E-state index contributed by atoms with van der Waals surface area (Å²) >= 11 is 0. The quantitative estimate of drug-likeness (QED) is 0.744. The Morgan fingerprint density at radius 3 is 2.64 bits per heavy atom. The molecule has 0 saturated carbocycles. The third-order valence-corrected chi connectivity index (χ3v) is 2.48. The smallest absolute Gasteiger partial charge is 0.158 e. The van der Waals surface area contributed by atoms with E-state index < -0.39 is 0 Å². The lowest BCUT2D eigenvalue weighted by Gasteiger charge is -2.13. The van der Waals surface area contributed by atoms with Gasteiger partial charge in [-0.3, -0.25) is 0 Å². The van der Waals surface area contributed by atoms with Gasteiger partial charge >= 0.3 is 0 Å². The Hall–Kier alpha value is -0.800. The van der Waals surface area contributed by atoms with Crippen molar-refractivity contribution < 1.29 is 13.9 Å². The van der Waals surface area contributed by atoms with Crippen molar-refractivity contribution in [2.45, 2.75) is 32.5 Å². The summed E-state index contributed by atoms with van der Waals surface area (Å²) in [5.74, 6) is 2.33. The number of furan rings is 1. The van der Waals surface area contributed by atoms with Gasteiger partial charge in [0.1, 0.15) is 11.5 Å². The van der Waals surface area contributed by atoms with Crippen LogP contribution in [-0.2, 0) is 9.47 Å². The Morgan fingerprint density at radius 2 is 2.07 bits per heavy atom. The zero-order valence-electron chi connectivity index (χ0n) is 8.66. The predicted molar refractivity (Wildman–Crippen MR) is 52.2 cm³/mol. The highest BCUT2D eigenvalue weighted by atomic mass is 16.7. The van der Waals surface area contributed by atoms with Crippen LogP contribution in [0.15, 0.2) is 16.5 Å². The zero-order valence-corrected chi connectivity index (χ0v) is 8.66. The third kappa shape index (κ3) is 2.16. The van der Waals surface area contributed by atoms with E-state index >= 15 is 0 Å². The van der Waals surface area contributed by atoms with Crippen molar-refractivity contribution in [2.24, 2.45) is 0 Å². The summed E-state index contributed by atoms with van der Waals surface area (Å²) < 4.78 is 16.3. The molecule has 0 amide bonds. The van der Waals surface area contributed by atoms with Gasteiger partial charge in [0, 0.05) is 12.3 Å². The highest BCUT2D eigenvalue weighted by molar-refractivity contribution is 5.09. The molecular weight excluding hydrogens is 180 g/mol. The summed E-state index contributed by atoms with van der Waals surface area (Å²) in [6, 6.07) is 4.01. The molecule has 1 unspecified atom stereocenters. The largest absolute Gasteiger partial charge is 0.466 e. The summed E-state index contributed by atoms with van der Waals surface area (Å²) in [7, 11) is 0. The molecule has 0 spiro atoms. The van der Waals surface area contributed by atoms with Gasteiger partial charge in [0.15, 0.2) is 6.29 Å². The van der Waals surface area contributed by atoms with E-state index in [9.17, 15) is 0 Å². The van der Waals surface area contributed by atoms with Crippen molar-refractivity contribution in [3.8, 4) is 0 Å². The van der Waals surface area contributed by atoms with E-state index in [2.05, 4.69) is 6.92 Å². The fourth-order valence-electron chi connectivity index (χ4n) is 1.67. The second-order valence-corrected chi connectivity index (χ2v) is 3.76. The van der Waals surface area contributed by atoms with Gasteiger partial charge in [0.2, 0.25) is 0 Å². The van der Waals surface area contributed by atoms with Crippen LogP contribution in [0.4, 0.5) is 0 Å². The maximum absolute atomic E-state index is 5.54. The molecule has 0 radical (unpaired) electrons. The zero-order chi connectivity index (χ0) is 9.97. The van der Waals surface area contributed by atoms with Crippen molar-refractivity contribution in [3.05, 3.63) is 23.7 Å². The van der Waals surface area contributed by atoms with Gasteiger partial charge in [-0.2, -0.15) is 0 Å². The SMILES string of the molecule is Cc1ccc(C(C)CC2OCCO2)o1. The van der Waals surface area contributed by atoms with E-state index in [-0.39, 0.29) is 6.29 Å². The average molecular weight is 196 g/mol. The van der Waals surface area contributed by atoms with Crippen LogP contribution in [0.5, 0.6) is 0 Å². The van der Waals surface area contributed by atoms with E-state index in [0.717, 1.165) is 17.9 Å². The summed E-state index contributed by atoms with van der Waals surface area (Å²) in [4.78, 5) is 0. The molecule has 1 aromatic heterocycles. The number of hydrogen-bond acceptors (Lipinski definition) is 3. The number of hydrogen-bond donors (Lipinski definition) is 0. The molecule has 2 heterocycles. The fraction of sp³-hybridized carbons (Fsp3) is 0.636. The van der Waals surface area contributed by atoms with Crippen molar-refractivity contribution >= 4 is 0 Å². The van der Waals surface area contributed by atoms with E-state index in [1.807, 2.05) is 19.1 Å². The number of aryl methyl sites for hydroxylation is 1. The second-order valence-electron chi connectivity index (χ2n) is 3.76. The molecule has 1 atom stereocenters. The highest BCUT2D eigenvalue weighted by Gasteiger charge is 2.21. The van der Waals surface area contributed by atoms with E-state index in [4.69, 9.17) is 13.9 Å². The van der Waals surface area contributed by atoms with Crippen molar-refractivity contribution in [3.63, 3.8) is 0 Å². The Morgan fingerprint density at radius 1 is 1.36 bits per heavy atom. The van der Waals surface area contributed by atoms with Crippen LogP contribution in [0.1, 0.15) is 30.8 Å². The Bertz CT molecular complexity index is 286. The normalized spacial score (nSPS) is 20.1. The minimum Gasteiger partial charge on any atom is -0.466 e. The minimum atomic E-state index is -0.0459. The van der Waals surface area contributed by atoms with Gasteiger partial charge in [-0.15, -0.1) is 0 Å². The van der Waals surface area contributed by atoms with E-state index in [1.54, 1.807) is 0 Å². The topological polar surface area (TPSA) is 31.6 Å². The van der Waals surface area contributed by atoms with E-state index in [1.165, 1.54) is 0 Å². The van der Waals surface area contributed by atoms with Gasteiger partial charge in [0.25, 0.3) is 0 Å². The van der Waals surface area contributed by atoms with E-state index in [0.29, 0.717) is 19.1 Å². The summed E-state index contributed by atoms with van der Waals surface area (Å²) in [5.41, 5.74) is 0. The monoisotopic (exact) mass is 196 g/mol. The molecule has 1 saturated heterocycles. The molecule has 3 heteroatoms. The Labute approximate surface area is 84.0 Å². The molecule has 1 aliphatic heterocycles. The average Bonchev–Trinajstić information content (AvgIpc) is 2.75. The van der Waals surface area contributed by atoms with Crippen LogP contribution >= 0.6 is 0 Å². The van der Waals surface area contributed by atoms with Crippen LogP contribution in [0.25, 0.3) is 0 Å². The van der Waals surface area contributed by atoms with Crippen LogP contribution in [-0.4, -0.2) is 19.5 Å². The molecule has 0 aromatic carbocycles. The molecule has 0 bridgehead atoms. The number of rotatable bonds is 3. The maximum Gasteiger partial charge on any atom is 0.158 e. The molecule has 2 rings (SSSR count). The molecule has 0 aliphatic carbocycles. The second kappa shape index (κ2) is 4.15. The van der Waals surface area contributed by atoms with Crippen molar-refractivity contribution in [1.82, 2.24) is 0 Å². The molecule has 78 valence electrons. The van der Waals surface area contributed by atoms with Crippen molar-refractivity contribution in [1.29, 1.82) is 0 Å². The third-order valence-electron chi connectivity index (χ3n) is 2.48. The number of ether oxygens (including phenoxy) is 2. The summed E-state index contributed by atoms with van der Waals surface area (Å²) in [5, 5.41) is 0. The van der Waals surface area contributed by atoms with Gasteiger partial charge in [-0.05, 0) is 19.1 Å². The maximum atomic E-state index is 5.54.